The Morgan fingerprint density at radius 3 is 2.52 bits per heavy atom. The molecule has 2 rings (SSSR count). The normalized spacial score (nSPS) is 11.5. The lowest BCUT2D eigenvalue weighted by Gasteiger charge is -2.07. The molecule has 136 valence electrons. The van der Waals surface area contributed by atoms with Crippen molar-refractivity contribution in [2.24, 2.45) is 0 Å². The van der Waals surface area contributed by atoms with Gasteiger partial charge in [-0.3, -0.25) is 4.79 Å². The zero-order valence-corrected chi connectivity index (χ0v) is 15.5. The predicted molar refractivity (Wildman–Crippen MR) is 93.2 cm³/mol. The first-order chi connectivity index (χ1) is 11.8. The van der Waals surface area contributed by atoms with Gasteiger partial charge < -0.3 is 9.73 Å². The number of rotatable bonds is 8. The van der Waals surface area contributed by atoms with Crippen LogP contribution >= 0.6 is 0 Å². The maximum atomic E-state index is 12.1. The molecule has 1 amide bonds. The standard InChI is InChI=1S/C17H23N3O4S/c1-12-8-9-14(11-13(12)2)16(21)18-10-6-4-5-7-15-19-20-17(24-15)25(3,22)23/h8-9,11H,4-7,10H2,1-3H3,(H,18,21). The van der Waals surface area contributed by atoms with E-state index in [1.165, 1.54) is 0 Å². The van der Waals surface area contributed by atoms with Gasteiger partial charge in [-0.1, -0.05) is 17.6 Å². The number of nitrogens with one attached hydrogen (secondary N) is 1. The molecule has 25 heavy (non-hydrogen) atoms. The van der Waals surface area contributed by atoms with E-state index in [0.29, 0.717) is 24.4 Å². The molecule has 0 aliphatic heterocycles. The molecule has 1 aromatic carbocycles. The Labute approximate surface area is 147 Å². The third-order valence-corrected chi connectivity index (χ3v) is 4.69. The van der Waals surface area contributed by atoms with Gasteiger partial charge in [0.15, 0.2) is 0 Å². The lowest BCUT2D eigenvalue weighted by molar-refractivity contribution is 0.0953. The lowest BCUT2D eigenvalue weighted by atomic mass is 10.1. The lowest BCUT2D eigenvalue weighted by Crippen LogP contribution is -2.24. The van der Waals surface area contributed by atoms with Crippen molar-refractivity contribution >= 4 is 15.7 Å². The smallest absolute Gasteiger partial charge is 0.335 e. The number of amides is 1. The molecule has 0 saturated heterocycles. The van der Waals surface area contributed by atoms with Crippen LogP contribution in [0.3, 0.4) is 0 Å². The zero-order chi connectivity index (χ0) is 18.4. The average Bonchev–Trinajstić information content (AvgIpc) is 3.02. The van der Waals surface area contributed by atoms with Crippen LogP contribution in [-0.4, -0.2) is 37.3 Å². The van der Waals surface area contributed by atoms with Crippen molar-refractivity contribution in [1.29, 1.82) is 0 Å². The monoisotopic (exact) mass is 365 g/mol. The van der Waals surface area contributed by atoms with Crippen molar-refractivity contribution in [2.75, 3.05) is 12.8 Å². The summed E-state index contributed by atoms with van der Waals surface area (Å²) in [6.07, 6.45) is 4.02. The summed E-state index contributed by atoms with van der Waals surface area (Å²) < 4.78 is 27.6. The first-order valence-electron chi connectivity index (χ1n) is 8.15. The topological polar surface area (TPSA) is 102 Å². The molecule has 0 fully saturated rings. The Kier molecular flexibility index (Phi) is 6.30. The third kappa shape index (κ3) is 5.67. The number of carbonyl (C=O) groups is 1. The predicted octanol–water partition coefficient (Wildman–Crippen LogP) is 2.23. The van der Waals surface area contributed by atoms with E-state index in [2.05, 4.69) is 15.5 Å². The Morgan fingerprint density at radius 2 is 1.88 bits per heavy atom. The van der Waals surface area contributed by atoms with Crippen molar-refractivity contribution < 1.29 is 17.6 Å². The number of hydrogen-bond donors (Lipinski definition) is 1. The van der Waals surface area contributed by atoms with E-state index in [1.807, 2.05) is 32.0 Å². The second kappa shape index (κ2) is 8.24. The van der Waals surface area contributed by atoms with Gasteiger partial charge in [-0.2, -0.15) is 0 Å². The van der Waals surface area contributed by atoms with Gasteiger partial charge in [-0.15, -0.1) is 5.10 Å². The molecule has 0 aliphatic rings. The van der Waals surface area contributed by atoms with Crippen LogP contribution in [0.4, 0.5) is 0 Å². The van der Waals surface area contributed by atoms with E-state index >= 15 is 0 Å². The maximum absolute atomic E-state index is 12.1. The van der Waals surface area contributed by atoms with E-state index in [-0.39, 0.29) is 11.1 Å². The molecule has 8 heteroatoms. The Morgan fingerprint density at radius 1 is 1.12 bits per heavy atom. The van der Waals surface area contributed by atoms with Gasteiger partial charge in [0.2, 0.25) is 15.7 Å². The molecule has 0 bridgehead atoms. The first-order valence-corrected chi connectivity index (χ1v) is 10.0. The Hall–Kier alpha value is -2.22. The molecular formula is C17H23N3O4S. The van der Waals surface area contributed by atoms with Crippen LogP contribution in [-0.2, 0) is 16.3 Å². The highest BCUT2D eigenvalue weighted by Gasteiger charge is 2.16. The van der Waals surface area contributed by atoms with Gasteiger partial charge in [0, 0.05) is 24.8 Å². The second-order valence-corrected chi connectivity index (χ2v) is 7.99. The van der Waals surface area contributed by atoms with Crippen molar-refractivity contribution in [3.8, 4) is 0 Å². The summed E-state index contributed by atoms with van der Waals surface area (Å²) in [6, 6.07) is 5.66. The summed E-state index contributed by atoms with van der Waals surface area (Å²) in [7, 11) is -3.45. The minimum atomic E-state index is -3.45. The van der Waals surface area contributed by atoms with Gasteiger partial charge in [0.05, 0.1) is 0 Å². The quantitative estimate of drug-likeness (QED) is 0.720. The zero-order valence-electron chi connectivity index (χ0n) is 14.7. The number of unbranched alkanes of at least 4 members (excludes halogenated alkanes) is 2. The molecule has 2 aromatic rings. The number of carbonyl (C=O) groups excluding carboxylic acids is 1. The van der Waals surface area contributed by atoms with Gasteiger partial charge >= 0.3 is 5.22 Å². The molecule has 0 aliphatic carbocycles. The molecule has 1 N–H and O–H groups in total. The molecular weight excluding hydrogens is 342 g/mol. The molecule has 0 unspecified atom stereocenters. The summed E-state index contributed by atoms with van der Waals surface area (Å²) >= 11 is 0. The van der Waals surface area contributed by atoms with Crippen molar-refractivity contribution in [3.05, 3.63) is 40.8 Å². The van der Waals surface area contributed by atoms with E-state index in [0.717, 1.165) is 36.6 Å². The third-order valence-electron chi connectivity index (χ3n) is 3.89. The van der Waals surface area contributed by atoms with Crippen LogP contribution < -0.4 is 5.32 Å². The van der Waals surface area contributed by atoms with Gasteiger partial charge in [-0.05, 0) is 49.9 Å². The molecule has 7 nitrogen and oxygen atoms in total. The fourth-order valence-corrected chi connectivity index (χ4v) is 2.69. The molecule has 1 heterocycles. The second-order valence-electron chi connectivity index (χ2n) is 6.10. The SMILES string of the molecule is Cc1ccc(C(=O)NCCCCCc2nnc(S(C)(=O)=O)o2)cc1C. The Bertz CT molecular complexity index is 843. The maximum Gasteiger partial charge on any atom is 0.335 e. The van der Waals surface area contributed by atoms with Crippen LogP contribution in [0.25, 0.3) is 0 Å². The molecule has 0 saturated carbocycles. The van der Waals surface area contributed by atoms with Crippen LogP contribution in [0.2, 0.25) is 0 Å². The largest absolute Gasteiger partial charge is 0.413 e. The van der Waals surface area contributed by atoms with Gasteiger partial charge in [0.1, 0.15) is 0 Å². The van der Waals surface area contributed by atoms with E-state index in [9.17, 15) is 13.2 Å². The summed E-state index contributed by atoms with van der Waals surface area (Å²) in [5, 5.41) is 9.78. The van der Waals surface area contributed by atoms with Crippen molar-refractivity contribution in [3.63, 3.8) is 0 Å². The van der Waals surface area contributed by atoms with Gasteiger partial charge in [-0.25, -0.2) is 8.42 Å². The summed E-state index contributed by atoms with van der Waals surface area (Å²) in [5.41, 5.74) is 2.93. The number of hydrogen-bond acceptors (Lipinski definition) is 6. The summed E-state index contributed by atoms with van der Waals surface area (Å²) in [5.74, 6) is 0.248. The minimum absolute atomic E-state index is 0.0715. The number of sulfone groups is 1. The van der Waals surface area contributed by atoms with Crippen LogP contribution in [0.15, 0.2) is 27.8 Å². The first kappa shape index (κ1) is 19.1. The van der Waals surface area contributed by atoms with E-state index in [4.69, 9.17) is 4.42 Å². The number of nitrogens with zero attached hydrogens (tertiary/aromatic N) is 2. The number of benzene rings is 1. The minimum Gasteiger partial charge on any atom is -0.413 e. The molecule has 0 spiro atoms. The molecule has 1 aromatic heterocycles. The van der Waals surface area contributed by atoms with Crippen molar-refractivity contribution in [1.82, 2.24) is 15.5 Å². The summed E-state index contributed by atoms with van der Waals surface area (Å²) in [6.45, 7) is 4.59. The fourth-order valence-electron chi connectivity index (χ4n) is 2.25. The van der Waals surface area contributed by atoms with E-state index in [1.54, 1.807) is 0 Å². The van der Waals surface area contributed by atoms with Crippen LogP contribution in [0.1, 0.15) is 46.6 Å². The van der Waals surface area contributed by atoms with Gasteiger partial charge in [0.25, 0.3) is 5.91 Å². The molecule has 0 atom stereocenters. The average molecular weight is 365 g/mol. The number of aromatic nitrogens is 2. The fraction of sp³-hybridized carbons (Fsp3) is 0.471. The number of aryl methyl sites for hydroxylation is 3. The highest BCUT2D eigenvalue weighted by molar-refractivity contribution is 7.90. The van der Waals surface area contributed by atoms with E-state index < -0.39 is 9.84 Å². The van der Waals surface area contributed by atoms with Crippen LogP contribution in [0, 0.1) is 13.8 Å². The highest BCUT2D eigenvalue weighted by Crippen LogP contribution is 2.11. The molecule has 0 radical (unpaired) electrons. The van der Waals surface area contributed by atoms with Crippen LogP contribution in [0.5, 0.6) is 0 Å². The van der Waals surface area contributed by atoms with Crippen molar-refractivity contribution in [2.45, 2.75) is 44.8 Å². The highest BCUT2D eigenvalue weighted by atomic mass is 32.2. The summed E-state index contributed by atoms with van der Waals surface area (Å²) in [4.78, 5) is 12.1. The Balaban J connectivity index is 1.67.